The monoisotopic (exact) mass is 544 g/mol. The molecule has 2 aromatic heterocycles. The molecule has 5 rings (SSSR count). The second-order valence-corrected chi connectivity index (χ2v) is 8.44. The van der Waals surface area contributed by atoms with Crippen LogP contribution in [0.15, 0.2) is 44.8 Å². The summed E-state index contributed by atoms with van der Waals surface area (Å²) in [6.45, 7) is 5.91. The van der Waals surface area contributed by atoms with Crippen molar-refractivity contribution in [3.8, 4) is 0 Å². The van der Waals surface area contributed by atoms with Crippen molar-refractivity contribution in [2.75, 3.05) is 44.2 Å². The van der Waals surface area contributed by atoms with E-state index in [-0.39, 0.29) is 29.2 Å². The molecular weight excluding hydrogens is 519 g/mol. The van der Waals surface area contributed by atoms with Crippen LogP contribution in [-0.4, -0.2) is 77.2 Å². The van der Waals surface area contributed by atoms with Crippen LogP contribution < -0.4 is 15.6 Å². The number of halogens is 1. The number of furan rings is 1. The predicted octanol–water partition coefficient (Wildman–Crippen LogP) is 2.24. The average Bonchev–Trinajstić information content (AvgIpc) is 3.57. The van der Waals surface area contributed by atoms with Crippen LogP contribution in [0.2, 0.25) is 0 Å². The number of nitro groups is 1. The van der Waals surface area contributed by atoms with E-state index in [2.05, 4.69) is 15.2 Å². The fraction of sp³-hybridized carbons (Fsp3) is 0.333. The number of pyridine rings is 1. The third-order valence-corrected chi connectivity index (χ3v) is 6.03. The van der Waals surface area contributed by atoms with Gasteiger partial charge in [-0.3, -0.25) is 14.9 Å². The molecule has 39 heavy (non-hydrogen) atoms. The number of carboxylic acids is 1. The Labute approximate surface area is 220 Å². The van der Waals surface area contributed by atoms with Gasteiger partial charge in [0.05, 0.1) is 30.0 Å². The lowest BCUT2D eigenvalue weighted by Gasteiger charge is -2.30. The fourth-order valence-corrected chi connectivity index (χ4v) is 4.09. The largest absolute Gasteiger partial charge is 0.477 e. The molecule has 0 radical (unpaired) electrons. The third-order valence-electron chi connectivity index (χ3n) is 6.03. The second kappa shape index (κ2) is 11.7. The summed E-state index contributed by atoms with van der Waals surface area (Å²) in [5, 5.41) is 27.6. The van der Waals surface area contributed by atoms with Crippen molar-refractivity contribution in [2.45, 2.75) is 13.5 Å². The molecule has 0 spiro atoms. The van der Waals surface area contributed by atoms with E-state index in [1.807, 2.05) is 11.8 Å². The van der Waals surface area contributed by atoms with E-state index >= 15 is 0 Å². The number of fused-ring (bicyclic) bond motifs is 1. The minimum Gasteiger partial charge on any atom is -0.477 e. The number of aryl methyl sites for hydroxylation is 1. The Bertz CT molecular complexity index is 1490. The van der Waals surface area contributed by atoms with E-state index in [1.54, 1.807) is 10.6 Å². The Kier molecular flexibility index (Phi) is 8.19. The number of ether oxygens (including phenoxy) is 1. The van der Waals surface area contributed by atoms with Gasteiger partial charge < -0.3 is 29.0 Å². The van der Waals surface area contributed by atoms with E-state index < -0.39 is 28.2 Å². The molecule has 15 heteroatoms. The summed E-state index contributed by atoms with van der Waals surface area (Å²) in [6, 6.07) is 5.41. The second-order valence-electron chi connectivity index (χ2n) is 8.44. The van der Waals surface area contributed by atoms with Crippen LogP contribution in [0.1, 0.15) is 23.0 Å². The van der Waals surface area contributed by atoms with Gasteiger partial charge in [-0.1, -0.05) is 0 Å². The molecule has 14 nitrogen and oxygen atoms in total. The first-order valence-corrected chi connectivity index (χ1v) is 12.0. The zero-order valence-electron chi connectivity index (χ0n) is 20.8. The number of carbonyl (C=O) groups is 2. The number of rotatable bonds is 6. The minimum atomic E-state index is -1.30. The lowest BCUT2D eigenvalue weighted by atomic mass is 10.1. The van der Waals surface area contributed by atoms with Crippen LogP contribution in [0.4, 0.5) is 20.8 Å². The van der Waals surface area contributed by atoms with Gasteiger partial charge in [-0.25, -0.2) is 14.0 Å². The lowest BCUT2D eigenvalue weighted by molar-refractivity contribution is -0.402. The number of hydrogen-bond acceptors (Lipinski definition) is 10. The molecule has 3 aromatic rings. The van der Waals surface area contributed by atoms with Crippen LogP contribution in [-0.2, 0) is 11.3 Å². The van der Waals surface area contributed by atoms with Gasteiger partial charge in [-0.05, 0) is 25.1 Å². The van der Waals surface area contributed by atoms with Gasteiger partial charge in [0.2, 0.25) is 5.43 Å². The van der Waals surface area contributed by atoms with Gasteiger partial charge in [-0.2, -0.15) is 10.1 Å². The van der Waals surface area contributed by atoms with Gasteiger partial charge in [0, 0.05) is 44.3 Å². The van der Waals surface area contributed by atoms with Crippen molar-refractivity contribution in [3.63, 3.8) is 0 Å². The summed E-state index contributed by atoms with van der Waals surface area (Å²) >= 11 is 0. The van der Waals surface area contributed by atoms with Gasteiger partial charge >= 0.3 is 17.9 Å². The number of nitrogens with zero attached hydrogens (tertiary/aromatic N) is 5. The Morgan fingerprint density at radius 1 is 1.26 bits per heavy atom. The summed E-state index contributed by atoms with van der Waals surface area (Å²) in [7, 11) is 0. The number of anilines is 1. The Hall–Kier alpha value is -4.79. The summed E-state index contributed by atoms with van der Waals surface area (Å²) < 4.78 is 25.6. The summed E-state index contributed by atoms with van der Waals surface area (Å²) in [4.78, 5) is 46.1. The first-order chi connectivity index (χ1) is 18.7. The average molecular weight is 544 g/mol. The molecule has 2 aliphatic heterocycles. The molecule has 2 aliphatic rings. The molecule has 0 aliphatic carbocycles. The number of aromatic nitrogens is 1. The number of hydrogen-bond donors (Lipinski definition) is 2. The SMILES string of the molecule is CCn1cc(C(=O)O)c(=O)c2cc(F)c(N3CCNCC3)cc21.O=C1OCCN1N=Cc1ccc([N+](=O)[O-])o1. The van der Waals surface area contributed by atoms with Crippen LogP contribution in [0, 0.1) is 15.9 Å². The van der Waals surface area contributed by atoms with Crippen LogP contribution >= 0.6 is 0 Å². The predicted molar refractivity (Wildman–Crippen MR) is 137 cm³/mol. The van der Waals surface area contributed by atoms with Crippen LogP contribution in [0.5, 0.6) is 0 Å². The number of benzene rings is 1. The number of carbonyl (C=O) groups excluding carboxylic acids is 1. The highest BCUT2D eigenvalue weighted by Gasteiger charge is 2.22. The zero-order valence-corrected chi connectivity index (χ0v) is 20.8. The molecule has 206 valence electrons. The number of carboxylic acid groups (broad SMARTS) is 1. The Morgan fingerprint density at radius 3 is 2.59 bits per heavy atom. The van der Waals surface area contributed by atoms with E-state index in [4.69, 9.17) is 9.52 Å². The minimum absolute atomic E-state index is 0.100. The van der Waals surface area contributed by atoms with Crippen molar-refractivity contribution in [3.05, 3.63) is 67.9 Å². The van der Waals surface area contributed by atoms with Gasteiger partial charge in [-0.15, -0.1) is 0 Å². The smallest absolute Gasteiger partial charge is 0.433 e. The van der Waals surface area contributed by atoms with Crippen LogP contribution in [0.25, 0.3) is 10.9 Å². The first-order valence-electron chi connectivity index (χ1n) is 12.0. The first kappa shape index (κ1) is 27.3. The number of cyclic esters (lactones) is 1. The number of hydrazone groups is 1. The third kappa shape index (κ3) is 6.04. The van der Waals surface area contributed by atoms with Crippen molar-refractivity contribution < 1.29 is 33.2 Å². The van der Waals surface area contributed by atoms with Crippen molar-refractivity contribution in [1.29, 1.82) is 0 Å². The van der Waals surface area contributed by atoms with E-state index in [1.165, 1.54) is 24.5 Å². The van der Waals surface area contributed by atoms with Crippen molar-refractivity contribution >= 4 is 40.8 Å². The summed E-state index contributed by atoms with van der Waals surface area (Å²) in [6.07, 6.45) is 2.00. The van der Waals surface area contributed by atoms with Crippen molar-refractivity contribution in [1.82, 2.24) is 14.9 Å². The number of amides is 1. The van der Waals surface area contributed by atoms with Crippen LogP contribution in [0.3, 0.4) is 0 Å². The maximum absolute atomic E-state index is 14.5. The number of piperazine rings is 1. The fourth-order valence-electron chi connectivity index (χ4n) is 4.09. The van der Waals surface area contributed by atoms with E-state index in [0.29, 0.717) is 37.4 Å². The molecule has 1 amide bonds. The standard InChI is InChI=1S/C16H18FN3O3.C8H7N3O5/c1-2-19-9-11(16(22)23)15(21)10-7-12(17)14(8-13(10)19)20-5-3-18-4-6-20;12-8-10(3-4-15-8)9-5-6-1-2-7(16-6)11(13)14/h7-9,18H,2-6H2,1H3,(H,22,23);1-2,5H,3-4H2. The Morgan fingerprint density at radius 2 is 2.00 bits per heavy atom. The maximum Gasteiger partial charge on any atom is 0.433 e. The highest BCUT2D eigenvalue weighted by atomic mass is 19.1. The molecule has 2 N–H and O–H groups in total. The van der Waals surface area contributed by atoms with Gasteiger partial charge in [0.25, 0.3) is 0 Å². The Balaban J connectivity index is 0.000000193. The molecule has 1 aromatic carbocycles. The summed E-state index contributed by atoms with van der Waals surface area (Å²) in [5.41, 5.74) is 0.0118. The molecule has 0 bridgehead atoms. The van der Waals surface area contributed by atoms with E-state index in [0.717, 1.165) is 24.2 Å². The highest BCUT2D eigenvalue weighted by Crippen LogP contribution is 2.25. The molecule has 0 unspecified atom stereocenters. The molecule has 0 atom stereocenters. The molecule has 4 heterocycles. The quantitative estimate of drug-likeness (QED) is 0.266. The lowest BCUT2D eigenvalue weighted by Crippen LogP contribution is -2.43. The number of aromatic carboxylic acids is 1. The topological polar surface area (TPSA) is 173 Å². The molecular formula is C24H25FN6O8. The maximum atomic E-state index is 14.5. The molecule has 2 fully saturated rings. The van der Waals surface area contributed by atoms with E-state index in [9.17, 15) is 28.9 Å². The molecule has 2 saturated heterocycles. The zero-order chi connectivity index (χ0) is 28.1. The normalized spacial score (nSPS) is 15.4. The van der Waals surface area contributed by atoms with Gasteiger partial charge in [0.15, 0.2) is 5.76 Å². The highest BCUT2D eigenvalue weighted by molar-refractivity contribution is 5.93. The molecule has 0 saturated carbocycles. The number of nitrogens with one attached hydrogen (secondary N) is 1. The summed E-state index contributed by atoms with van der Waals surface area (Å²) in [5.74, 6) is -1.97. The van der Waals surface area contributed by atoms with Crippen molar-refractivity contribution in [2.24, 2.45) is 5.10 Å². The van der Waals surface area contributed by atoms with Gasteiger partial charge in [0.1, 0.15) is 22.9 Å².